The summed E-state index contributed by atoms with van der Waals surface area (Å²) in [5, 5.41) is 14.9. The molecule has 2 aromatic carbocycles. The van der Waals surface area contributed by atoms with Crippen molar-refractivity contribution >= 4 is 29.9 Å². The van der Waals surface area contributed by atoms with Gasteiger partial charge in [-0.25, -0.2) is 10.2 Å². The molecule has 10 nitrogen and oxygen atoms in total. The van der Waals surface area contributed by atoms with Crippen molar-refractivity contribution < 1.29 is 28.4 Å². The number of carbonyl (C=O) groups excluding carboxylic acids is 2. The van der Waals surface area contributed by atoms with Gasteiger partial charge in [0.15, 0.2) is 12.4 Å². The molecule has 0 saturated carbocycles. The lowest BCUT2D eigenvalue weighted by atomic mass is 10.2. The first kappa shape index (κ1) is 22.9. The summed E-state index contributed by atoms with van der Waals surface area (Å²) in [7, 11) is 0. The van der Waals surface area contributed by atoms with Gasteiger partial charge in [0.2, 0.25) is 0 Å². The van der Waals surface area contributed by atoms with Crippen molar-refractivity contribution in [3.63, 3.8) is 0 Å². The van der Waals surface area contributed by atoms with Crippen LogP contribution in [0.1, 0.15) is 16.9 Å². The zero-order valence-electron chi connectivity index (χ0n) is 17.5. The number of nitrogens with zero attached hydrogens (tertiary/aromatic N) is 2. The number of hydrogen-bond donors (Lipinski definition) is 1. The highest BCUT2D eigenvalue weighted by atomic mass is 16.6. The number of nitrogens with one attached hydrogen (secondary N) is 1. The molecule has 3 aromatic rings. The maximum atomic E-state index is 11.9. The minimum absolute atomic E-state index is 0.0136. The number of furan rings is 1. The summed E-state index contributed by atoms with van der Waals surface area (Å²) in [6, 6.07) is 14.3. The summed E-state index contributed by atoms with van der Waals surface area (Å²) < 4.78 is 15.5. The topological polar surface area (TPSA) is 133 Å². The fraction of sp³-hybridized carbons (Fsp3) is 0.0870. The zero-order valence-corrected chi connectivity index (χ0v) is 17.5. The number of aryl methyl sites for hydroxylation is 1. The monoisotopic (exact) mass is 449 g/mol. The van der Waals surface area contributed by atoms with Gasteiger partial charge in [0.1, 0.15) is 11.5 Å². The van der Waals surface area contributed by atoms with E-state index in [1.807, 2.05) is 0 Å². The molecule has 1 aromatic heterocycles. The minimum atomic E-state index is -0.605. The highest BCUT2D eigenvalue weighted by molar-refractivity contribution is 5.89. The second kappa shape index (κ2) is 11.0. The molecule has 0 saturated heterocycles. The third-order valence-corrected chi connectivity index (χ3v) is 4.08. The molecule has 0 spiro atoms. The molecular formula is C23H19N3O7. The molecule has 1 heterocycles. The van der Waals surface area contributed by atoms with Crippen LogP contribution in [0, 0.1) is 17.0 Å². The van der Waals surface area contributed by atoms with Gasteiger partial charge < -0.3 is 13.9 Å². The summed E-state index contributed by atoms with van der Waals surface area (Å²) >= 11 is 0. The van der Waals surface area contributed by atoms with Crippen LogP contribution in [0.15, 0.2) is 76.5 Å². The highest BCUT2D eigenvalue weighted by Gasteiger charge is 2.16. The Morgan fingerprint density at radius 2 is 2.03 bits per heavy atom. The first-order chi connectivity index (χ1) is 15.9. The molecule has 0 radical (unpaired) electrons. The molecule has 0 fully saturated rings. The maximum Gasteiger partial charge on any atom is 0.336 e. The van der Waals surface area contributed by atoms with E-state index in [-0.39, 0.29) is 17.2 Å². The molecule has 1 amide bonds. The molecule has 0 aliphatic heterocycles. The maximum absolute atomic E-state index is 11.9. The lowest BCUT2D eigenvalue weighted by molar-refractivity contribution is -0.385. The Hall–Kier alpha value is -4.73. The Kier molecular flexibility index (Phi) is 7.68. The summed E-state index contributed by atoms with van der Waals surface area (Å²) in [6.07, 6.45) is 5.56. The zero-order chi connectivity index (χ0) is 23.6. The Morgan fingerprint density at radius 3 is 2.79 bits per heavy atom. The first-order valence-corrected chi connectivity index (χ1v) is 9.64. The fourth-order valence-corrected chi connectivity index (χ4v) is 2.59. The summed E-state index contributed by atoms with van der Waals surface area (Å²) in [6.45, 7) is 1.26. The van der Waals surface area contributed by atoms with Crippen molar-refractivity contribution in [1.29, 1.82) is 0 Å². The number of nitro groups is 1. The van der Waals surface area contributed by atoms with E-state index in [4.69, 9.17) is 13.9 Å². The number of rotatable bonds is 9. The number of nitro benzene ring substituents is 1. The standard InChI is InChI=1S/C23H19N3O7/c1-16-7-9-21(20(12-16)26(29)30)32-15-22(27)25-24-14-17-4-2-5-19(13-17)33-23(28)10-8-18-6-3-11-31-18/h2-14H,15H2,1H3,(H,25,27). The normalized spacial score (nSPS) is 10.9. The highest BCUT2D eigenvalue weighted by Crippen LogP contribution is 2.27. The quantitative estimate of drug-likeness (QED) is 0.132. The van der Waals surface area contributed by atoms with Gasteiger partial charge in [0.05, 0.1) is 17.4 Å². The molecule has 0 atom stereocenters. The Morgan fingerprint density at radius 1 is 1.18 bits per heavy atom. The molecular weight excluding hydrogens is 430 g/mol. The van der Waals surface area contributed by atoms with Gasteiger partial charge in [-0.3, -0.25) is 14.9 Å². The summed E-state index contributed by atoms with van der Waals surface area (Å²) in [5.74, 6) is -0.401. The smallest absolute Gasteiger partial charge is 0.336 e. The molecule has 33 heavy (non-hydrogen) atoms. The second-order valence-corrected chi connectivity index (χ2v) is 6.65. The minimum Gasteiger partial charge on any atom is -0.477 e. The third-order valence-electron chi connectivity index (χ3n) is 4.08. The number of carbonyl (C=O) groups is 2. The Labute approximate surface area is 188 Å². The van der Waals surface area contributed by atoms with E-state index in [0.717, 1.165) is 0 Å². The van der Waals surface area contributed by atoms with E-state index in [1.165, 1.54) is 36.8 Å². The molecule has 168 valence electrons. The third kappa shape index (κ3) is 7.17. The predicted molar refractivity (Wildman–Crippen MR) is 119 cm³/mol. The van der Waals surface area contributed by atoms with Crippen LogP contribution in [-0.4, -0.2) is 29.6 Å². The largest absolute Gasteiger partial charge is 0.477 e. The number of hydrogen-bond acceptors (Lipinski definition) is 8. The van der Waals surface area contributed by atoms with E-state index in [0.29, 0.717) is 16.9 Å². The number of hydrazone groups is 1. The van der Waals surface area contributed by atoms with Crippen LogP contribution in [-0.2, 0) is 9.59 Å². The van der Waals surface area contributed by atoms with Crippen LogP contribution in [0.25, 0.3) is 6.08 Å². The van der Waals surface area contributed by atoms with Gasteiger partial charge in [-0.2, -0.15) is 5.10 Å². The van der Waals surface area contributed by atoms with E-state index < -0.39 is 23.4 Å². The second-order valence-electron chi connectivity index (χ2n) is 6.65. The lowest BCUT2D eigenvalue weighted by Gasteiger charge is -2.06. The molecule has 0 aliphatic carbocycles. The van der Waals surface area contributed by atoms with Crippen molar-refractivity contribution in [2.75, 3.05) is 6.61 Å². The van der Waals surface area contributed by atoms with E-state index >= 15 is 0 Å². The van der Waals surface area contributed by atoms with Crippen molar-refractivity contribution in [1.82, 2.24) is 5.43 Å². The van der Waals surface area contributed by atoms with E-state index in [1.54, 1.807) is 49.4 Å². The van der Waals surface area contributed by atoms with Crippen LogP contribution >= 0.6 is 0 Å². The van der Waals surface area contributed by atoms with Gasteiger partial charge in [-0.1, -0.05) is 18.2 Å². The van der Waals surface area contributed by atoms with Crippen molar-refractivity contribution in [2.45, 2.75) is 6.92 Å². The van der Waals surface area contributed by atoms with Gasteiger partial charge in [0.25, 0.3) is 5.91 Å². The van der Waals surface area contributed by atoms with Crippen LogP contribution < -0.4 is 14.9 Å². The van der Waals surface area contributed by atoms with Crippen LogP contribution in [0.3, 0.4) is 0 Å². The summed E-state index contributed by atoms with van der Waals surface area (Å²) in [4.78, 5) is 34.3. The fourth-order valence-electron chi connectivity index (χ4n) is 2.59. The van der Waals surface area contributed by atoms with Gasteiger partial charge in [0, 0.05) is 12.1 Å². The van der Waals surface area contributed by atoms with Crippen LogP contribution in [0.5, 0.6) is 11.5 Å². The van der Waals surface area contributed by atoms with E-state index in [9.17, 15) is 19.7 Å². The molecule has 3 rings (SSSR count). The number of amides is 1. The number of ether oxygens (including phenoxy) is 2. The van der Waals surface area contributed by atoms with Crippen molar-refractivity contribution in [3.8, 4) is 11.5 Å². The van der Waals surface area contributed by atoms with Crippen molar-refractivity contribution in [3.05, 3.63) is 93.9 Å². The number of benzene rings is 2. The predicted octanol–water partition coefficient (Wildman–Crippen LogP) is 3.64. The average Bonchev–Trinajstić information content (AvgIpc) is 3.31. The molecule has 10 heteroatoms. The van der Waals surface area contributed by atoms with Gasteiger partial charge in [-0.05, 0) is 54.5 Å². The van der Waals surface area contributed by atoms with Crippen LogP contribution in [0.2, 0.25) is 0 Å². The lowest BCUT2D eigenvalue weighted by Crippen LogP contribution is -2.24. The van der Waals surface area contributed by atoms with Crippen LogP contribution in [0.4, 0.5) is 5.69 Å². The molecule has 1 N–H and O–H groups in total. The molecule has 0 bridgehead atoms. The van der Waals surface area contributed by atoms with E-state index in [2.05, 4.69) is 10.5 Å². The SMILES string of the molecule is Cc1ccc(OCC(=O)NN=Cc2cccc(OC(=O)C=Cc3ccco3)c2)c([N+](=O)[O-])c1. The first-order valence-electron chi connectivity index (χ1n) is 9.64. The molecule has 0 aliphatic rings. The summed E-state index contributed by atoms with van der Waals surface area (Å²) in [5.41, 5.74) is 3.30. The molecule has 0 unspecified atom stereocenters. The van der Waals surface area contributed by atoms with Gasteiger partial charge in [-0.15, -0.1) is 0 Å². The average molecular weight is 449 g/mol. The Balaban J connectivity index is 1.50. The Bertz CT molecular complexity index is 1200. The van der Waals surface area contributed by atoms with Gasteiger partial charge >= 0.3 is 11.7 Å². The van der Waals surface area contributed by atoms with Crippen molar-refractivity contribution in [2.24, 2.45) is 5.10 Å². The number of esters is 1.